The van der Waals surface area contributed by atoms with Gasteiger partial charge in [-0.25, -0.2) is 4.98 Å². The molecule has 0 aliphatic carbocycles. The molecule has 2 saturated heterocycles. The van der Waals surface area contributed by atoms with Crippen LogP contribution in [0.1, 0.15) is 50.3 Å². The van der Waals surface area contributed by atoms with Crippen LogP contribution in [-0.2, 0) is 9.47 Å². The lowest BCUT2D eigenvalue weighted by atomic mass is 9.98. The number of nitrogen functional groups attached to an aromatic ring is 1. The molecular formula is C31H44N8O13S. The number of aliphatic hydroxyl groups excluding tert-OH is 8. The molecule has 3 amide bonds. The van der Waals surface area contributed by atoms with Gasteiger partial charge in [0.1, 0.15) is 65.9 Å². The minimum absolute atomic E-state index is 0.000335. The summed E-state index contributed by atoms with van der Waals surface area (Å²) >= 11 is 1.02. The molecular weight excluding hydrogens is 724 g/mol. The summed E-state index contributed by atoms with van der Waals surface area (Å²) in [5, 5.41) is 92.3. The van der Waals surface area contributed by atoms with E-state index in [0.717, 1.165) is 20.5 Å². The largest absolute Gasteiger partial charge is 0.394 e. The van der Waals surface area contributed by atoms with E-state index in [2.05, 4.69) is 20.9 Å². The number of carbonyl (C=O) groups excluding carboxylic acids is 3. The number of aromatic nitrogens is 3. The zero-order chi connectivity index (χ0) is 38.7. The Hall–Kier alpha value is -4.04. The second-order valence-corrected chi connectivity index (χ2v) is 13.8. The Labute approximate surface area is 305 Å². The molecule has 22 heteroatoms. The second kappa shape index (κ2) is 17.0. The van der Waals surface area contributed by atoms with E-state index in [9.17, 15) is 55.2 Å². The molecule has 5 heterocycles. The molecule has 0 unspecified atom stereocenters. The van der Waals surface area contributed by atoms with Crippen molar-refractivity contribution in [2.45, 2.75) is 67.7 Å². The van der Waals surface area contributed by atoms with Gasteiger partial charge in [-0.05, 0) is 39.2 Å². The molecule has 2 aliphatic rings. The quantitative estimate of drug-likeness (QED) is 0.0750. The number of anilines is 3. The molecule has 0 bridgehead atoms. The van der Waals surface area contributed by atoms with Gasteiger partial charge in [-0.1, -0.05) is 0 Å². The molecule has 0 radical (unpaired) electrons. The van der Waals surface area contributed by atoms with Gasteiger partial charge in [0.25, 0.3) is 17.7 Å². The standard InChI is InChI=1S/C31H44N8O13S/c1-37(2)5-3-4-33-27(49)16-6-14(9-38(16)29-24(46)22(44)20(42)18(10-40)51-29)35-28(50)17-7-13(34-26(48)15-12-53-31(32)36-15)8-39(17)30-25(47)23(45)21(43)19(11-41)52-30/h6-9,12,18-25,29-30,40-47H,3-5,10-11H2,1-2H3,(H2,32,36)(H,33,49)(H,34,48)(H,35,50)/t18-,19-,20-,21-,22-,23-,24-,25-,29+,30+/m1/s1. The van der Waals surface area contributed by atoms with Crippen molar-refractivity contribution in [3.63, 3.8) is 0 Å². The summed E-state index contributed by atoms with van der Waals surface area (Å²) in [5.41, 5.74) is 5.15. The SMILES string of the molecule is CN(C)CCCNC(=O)c1cc(NC(=O)c2cc(NC(=O)c3csc(N)n3)cn2[C@H]2O[C@H](CO)[C@@H](O)[C@@H](O)[C@H]2O)cn1[C@H]1O[C@H](CO)[C@@H](O)[C@@H](O)[C@H]1O. The first-order chi connectivity index (χ1) is 25.1. The number of ether oxygens (including phenoxy) is 2. The zero-order valence-corrected chi connectivity index (χ0v) is 29.4. The van der Waals surface area contributed by atoms with Crippen LogP contribution < -0.4 is 21.7 Å². The number of hydrogen-bond donors (Lipinski definition) is 12. The number of nitrogens with zero attached hydrogens (tertiary/aromatic N) is 4. The van der Waals surface area contributed by atoms with Crippen LogP contribution in [0.5, 0.6) is 0 Å². The molecule has 53 heavy (non-hydrogen) atoms. The van der Waals surface area contributed by atoms with Crippen LogP contribution in [0.2, 0.25) is 0 Å². The monoisotopic (exact) mass is 768 g/mol. The third kappa shape index (κ3) is 8.69. The summed E-state index contributed by atoms with van der Waals surface area (Å²) in [6.07, 6.45) is -13.3. The molecule has 292 valence electrons. The minimum atomic E-state index is -1.83. The number of nitrogens with two attached hydrogens (primary N) is 1. The van der Waals surface area contributed by atoms with Crippen LogP contribution in [0.25, 0.3) is 0 Å². The number of amides is 3. The lowest BCUT2D eigenvalue weighted by Crippen LogP contribution is -2.56. The van der Waals surface area contributed by atoms with Gasteiger partial charge in [-0.2, -0.15) is 0 Å². The molecule has 3 aromatic rings. The Morgan fingerprint density at radius 1 is 0.792 bits per heavy atom. The van der Waals surface area contributed by atoms with Crippen LogP contribution >= 0.6 is 11.3 Å². The second-order valence-electron chi connectivity index (χ2n) is 12.9. The minimum Gasteiger partial charge on any atom is -0.394 e. The van der Waals surface area contributed by atoms with Crippen LogP contribution in [-0.4, -0.2) is 167 Å². The lowest BCUT2D eigenvalue weighted by Gasteiger charge is -2.41. The molecule has 0 spiro atoms. The molecule has 10 atom stereocenters. The molecule has 21 nitrogen and oxygen atoms in total. The molecule has 2 fully saturated rings. The number of rotatable bonds is 13. The molecule has 3 aromatic heterocycles. The maximum Gasteiger partial charge on any atom is 0.275 e. The molecule has 13 N–H and O–H groups in total. The van der Waals surface area contributed by atoms with E-state index in [-0.39, 0.29) is 40.1 Å². The van der Waals surface area contributed by atoms with Gasteiger partial charge in [-0.15, -0.1) is 11.3 Å². The summed E-state index contributed by atoms with van der Waals surface area (Å²) in [7, 11) is 3.73. The highest BCUT2D eigenvalue weighted by atomic mass is 32.1. The molecule has 5 rings (SSSR count). The average molecular weight is 769 g/mol. The summed E-state index contributed by atoms with van der Waals surface area (Å²) in [4.78, 5) is 46.2. The fourth-order valence-electron chi connectivity index (χ4n) is 5.97. The summed E-state index contributed by atoms with van der Waals surface area (Å²) in [6.45, 7) is -0.594. The number of nitrogens with one attached hydrogen (secondary N) is 3. The average Bonchev–Trinajstić information content (AvgIpc) is 3.87. The number of thiazole rings is 1. The van der Waals surface area contributed by atoms with Gasteiger partial charge in [0, 0.05) is 24.3 Å². The number of carbonyl (C=O) groups is 3. The Balaban J connectivity index is 1.49. The highest BCUT2D eigenvalue weighted by molar-refractivity contribution is 7.13. The van der Waals surface area contributed by atoms with Crippen molar-refractivity contribution in [2.75, 3.05) is 56.8 Å². The summed E-state index contributed by atoms with van der Waals surface area (Å²) in [5.74, 6) is -2.27. The van der Waals surface area contributed by atoms with Crippen LogP contribution in [0.15, 0.2) is 29.9 Å². The predicted octanol–water partition coefficient (Wildman–Crippen LogP) is -3.54. The first-order valence-electron chi connectivity index (χ1n) is 16.5. The van der Waals surface area contributed by atoms with E-state index in [1.165, 1.54) is 29.9 Å². The van der Waals surface area contributed by atoms with E-state index in [1.54, 1.807) is 0 Å². The molecule has 2 aliphatic heterocycles. The van der Waals surface area contributed by atoms with Crippen LogP contribution in [0.3, 0.4) is 0 Å². The van der Waals surface area contributed by atoms with E-state index in [1.807, 2.05) is 19.0 Å². The fourth-order valence-corrected chi connectivity index (χ4v) is 6.52. The fraction of sp³-hybridized carbons (Fsp3) is 0.548. The third-order valence-corrected chi connectivity index (χ3v) is 9.46. The van der Waals surface area contributed by atoms with Gasteiger partial charge in [0.05, 0.1) is 24.6 Å². The Kier molecular flexibility index (Phi) is 12.9. The Bertz CT molecular complexity index is 1750. The van der Waals surface area contributed by atoms with E-state index in [0.29, 0.717) is 13.0 Å². The van der Waals surface area contributed by atoms with Crippen LogP contribution in [0, 0.1) is 0 Å². The summed E-state index contributed by atoms with van der Waals surface area (Å²) < 4.78 is 13.5. The highest BCUT2D eigenvalue weighted by Gasteiger charge is 2.46. The lowest BCUT2D eigenvalue weighted by molar-refractivity contribution is -0.251. The van der Waals surface area contributed by atoms with E-state index in [4.69, 9.17) is 15.2 Å². The predicted molar refractivity (Wildman–Crippen MR) is 185 cm³/mol. The van der Waals surface area contributed by atoms with Crippen molar-refractivity contribution < 1.29 is 64.7 Å². The van der Waals surface area contributed by atoms with Crippen molar-refractivity contribution in [3.8, 4) is 0 Å². The van der Waals surface area contributed by atoms with Crippen molar-refractivity contribution >= 4 is 45.6 Å². The molecule has 0 saturated carbocycles. The summed E-state index contributed by atoms with van der Waals surface area (Å²) in [6, 6.07) is 2.45. The van der Waals surface area contributed by atoms with Crippen LogP contribution in [0.4, 0.5) is 16.5 Å². The van der Waals surface area contributed by atoms with Gasteiger partial charge < -0.3 is 86.0 Å². The van der Waals surface area contributed by atoms with E-state index < -0.39 is 92.2 Å². The highest BCUT2D eigenvalue weighted by Crippen LogP contribution is 2.34. The van der Waals surface area contributed by atoms with Gasteiger partial charge >= 0.3 is 0 Å². The molecule has 0 aromatic carbocycles. The maximum absolute atomic E-state index is 14.0. The topological polar surface area (TPSA) is 320 Å². The van der Waals surface area contributed by atoms with Crippen molar-refractivity contribution in [2.24, 2.45) is 0 Å². The van der Waals surface area contributed by atoms with Crippen molar-refractivity contribution in [1.29, 1.82) is 0 Å². The smallest absolute Gasteiger partial charge is 0.275 e. The zero-order valence-electron chi connectivity index (χ0n) is 28.6. The van der Waals surface area contributed by atoms with Gasteiger partial charge in [0.2, 0.25) is 0 Å². The normalized spacial score (nSPS) is 28.9. The van der Waals surface area contributed by atoms with Gasteiger partial charge in [0.15, 0.2) is 17.6 Å². The Morgan fingerprint density at radius 2 is 1.28 bits per heavy atom. The van der Waals surface area contributed by atoms with Crippen molar-refractivity contribution in [1.82, 2.24) is 24.3 Å². The number of hydrogen-bond acceptors (Lipinski definition) is 17. The van der Waals surface area contributed by atoms with E-state index >= 15 is 0 Å². The third-order valence-electron chi connectivity index (χ3n) is 8.78. The maximum atomic E-state index is 14.0. The Morgan fingerprint density at radius 3 is 1.74 bits per heavy atom. The number of aliphatic hydroxyl groups is 8. The first-order valence-corrected chi connectivity index (χ1v) is 17.3. The first kappa shape index (κ1) is 40.2. The van der Waals surface area contributed by atoms with Crippen molar-refractivity contribution in [3.05, 3.63) is 47.0 Å². The van der Waals surface area contributed by atoms with Gasteiger partial charge in [-0.3, -0.25) is 14.4 Å².